The van der Waals surface area contributed by atoms with E-state index in [-0.39, 0.29) is 5.56 Å². The summed E-state index contributed by atoms with van der Waals surface area (Å²) >= 11 is 5.81. The Balaban J connectivity index is 3.10. The molecule has 0 radical (unpaired) electrons. The van der Waals surface area contributed by atoms with Crippen LogP contribution in [0.25, 0.3) is 0 Å². The summed E-state index contributed by atoms with van der Waals surface area (Å²) in [6.07, 6.45) is 0.905. The van der Waals surface area contributed by atoms with Crippen molar-refractivity contribution < 1.29 is 9.90 Å². The maximum atomic E-state index is 10.9. The number of rotatable bonds is 4. The van der Waals surface area contributed by atoms with E-state index in [4.69, 9.17) is 16.7 Å². The number of hydrogen-bond acceptors (Lipinski definition) is 3. The van der Waals surface area contributed by atoms with Gasteiger partial charge in [-0.15, -0.1) is 0 Å². The molecule has 4 nitrogen and oxygen atoms in total. The van der Waals surface area contributed by atoms with Crippen LogP contribution in [0.4, 0.5) is 5.82 Å². The summed E-state index contributed by atoms with van der Waals surface area (Å²) in [5.41, 5.74) is 0.735. The van der Waals surface area contributed by atoms with Crippen LogP contribution in [0.5, 0.6) is 0 Å². The van der Waals surface area contributed by atoms with Gasteiger partial charge >= 0.3 is 5.97 Å². The quantitative estimate of drug-likeness (QED) is 0.832. The van der Waals surface area contributed by atoms with Crippen LogP contribution in [0, 0.1) is 6.92 Å². The Morgan fingerprint density at radius 1 is 1.67 bits per heavy atom. The van der Waals surface area contributed by atoms with E-state index in [0.29, 0.717) is 23.1 Å². The molecule has 0 spiro atoms. The molecule has 15 heavy (non-hydrogen) atoms. The fraction of sp³-hybridized carbons (Fsp3) is 0.400. The van der Waals surface area contributed by atoms with E-state index in [1.807, 2.05) is 6.92 Å². The highest BCUT2D eigenvalue weighted by Crippen LogP contribution is 2.21. The molecule has 5 heteroatoms. The molecular formula is C10H13ClN2O2. The number of carboxylic acid groups (broad SMARTS) is 1. The van der Waals surface area contributed by atoms with Crippen molar-refractivity contribution in [1.29, 1.82) is 0 Å². The van der Waals surface area contributed by atoms with Gasteiger partial charge in [0.25, 0.3) is 0 Å². The molecular weight excluding hydrogens is 216 g/mol. The molecule has 0 bridgehead atoms. The molecule has 0 fully saturated rings. The van der Waals surface area contributed by atoms with E-state index in [9.17, 15) is 4.79 Å². The fourth-order valence-electron chi connectivity index (χ4n) is 1.12. The smallest absolute Gasteiger partial charge is 0.339 e. The van der Waals surface area contributed by atoms with Crippen molar-refractivity contribution in [1.82, 2.24) is 4.98 Å². The van der Waals surface area contributed by atoms with Crippen LogP contribution >= 0.6 is 11.6 Å². The van der Waals surface area contributed by atoms with Crippen molar-refractivity contribution in [2.45, 2.75) is 20.3 Å². The Bertz CT molecular complexity index is 380. The maximum Gasteiger partial charge on any atom is 0.339 e. The third-order valence-corrected chi connectivity index (χ3v) is 2.31. The van der Waals surface area contributed by atoms with Crippen LogP contribution < -0.4 is 5.32 Å². The van der Waals surface area contributed by atoms with Crippen molar-refractivity contribution in [2.75, 3.05) is 11.9 Å². The van der Waals surface area contributed by atoms with Crippen LogP contribution in [0.1, 0.15) is 29.4 Å². The van der Waals surface area contributed by atoms with Gasteiger partial charge < -0.3 is 10.4 Å². The van der Waals surface area contributed by atoms with Crippen molar-refractivity contribution in [2.24, 2.45) is 0 Å². The number of aryl methyl sites for hydroxylation is 1. The minimum absolute atomic E-state index is 0.110. The summed E-state index contributed by atoms with van der Waals surface area (Å²) in [6.45, 7) is 4.43. The largest absolute Gasteiger partial charge is 0.478 e. The number of hydrogen-bond donors (Lipinski definition) is 2. The zero-order chi connectivity index (χ0) is 11.4. The van der Waals surface area contributed by atoms with Crippen LogP contribution in [0.2, 0.25) is 5.02 Å². The zero-order valence-corrected chi connectivity index (χ0v) is 9.43. The standard InChI is InChI=1S/C10H13ClN2O2/c1-3-4-12-9-7(10(14)15)5-8(11)6(2)13-9/h5H,3-4H2,1-2H3,(H,12,13)(H,14,15). The van der Waals surface area contributed by atoms with Crippen LogP contribution in [-0.2, 0) is 0 Å². The first-order chi connectivity index (χ1) is 7.06. The topological polar surface area (TPSA) is 62.2 Å². The second-order valence-electron chi connectivity index (χ2n) is 3.18. The third-order valence-electron chi connectivity index (χ3n) is 1.92. The minimum atomic E-state index is -1.02. The fourth-order valence-corrected chi connectivity index (χ4v) is 1.27. The first kappa shape index (κ1) is 11.8. The van der Waals surface area contributed by atoms with Crippen LogP contribution in [-0.4, -0.2) is 22.6 Å². The molecule has 0 aromatic carbocycles. The van der Waals surface area contributed by atoms with Gasteiger partial charge in [-0.05, 0) is 19.4 Å². The van der Waals surface area contributed by atoms with Gasteiger partial charge in [-0.3, -0.25) is 0 Å². The molecule has 0 aliphatic heterocycles. The molecule has 1 heterocycles. The summed E-state index contributed by atoms with van der Waals surface area (Å²) in [6, 6.07) is 1.42. The number of nitrogens with zero attached hydrogens (tertiary/aromatic N) is 1. The number of pyridine rings is 1. The number of halogens is 1. The molecule has 0 unspecified atom stereocenters. The highest BCUT2D eigenvalue weighted by Gasteiger charge is 2.13. The molecule has 0 amide bonds. The van der Waals surface area contributed by atoms with Gasteiger partial charge in [0, 0.05) is 6.54 Å². The molecule has 0 aliphatic rings. The van der Waals surface area contributed by atoms with E-state index in [1.165, 1.54) is 6.07 Å². The monoisotopic (exact) mass is 228 g/mol. The van der Waals surface area contributed by atoms with E-state index in [2.05, 4.69) is 10.3 Å². The SMILES string of the molecule is CCCNc1nc(C)c(Cl)cc1C(=O)O. The van der Waals surface area contributed by atoms with Crippen molar-refractivity contribution >= 4 is 23.4 Å². The summed E-state index contributed by atoms with van der Waals surface area (Å²) in [7, 11) is 0. The highest BCUT2D eigenvalue weighted by atomic mass is 35.5. The average Bonchev–Trinajstić information content (AvgIpc) is 2.19. The van der Waals surface area contributed by atoms with Gasteiger partial charge in [-0.1, -0.05) is 18.5 Å². The molecule has 0 atom stereocenters. The van der Waals surface area contributed by atoms with Crippen molar-refractivity contribution in [3.63, 3.8) is 0 Å². The summed E-state index contributed by atoms with van der Waals surface area (Å²) < 4.78 is 0. The first-order valence-corrected chi connectivity index (χ1v) is 5.08. The Kier molecular flexibility index (Phi) is 3.91. The molecule has 1 aromatic rings. The van der Waals surface area contributed by atoms with Gasteiger partial charge in [-0.25, -0.2) is 9.78 Å². The predicted molar refractivity (Wildman–Crippen MR) is 59.7 cm³/mol. The van der Waals surface area contributed by atoms with Crippen LogP contribution in [0.3, 0.4) is 0 Å². The molecule has 2 N–H and O–H groups in total. The number of aromatic carboxylic acids is 1. The second-order valence-corrected chi connectivity index (χ2v) is 3.59. The normalized spacial score (nSPS) is 10.1. The molecule has 0 saturated heterocycles. The summed E-state index contributed by atoms with van der Waals surface area (Å²) in [5, 5.41) is 12.3. The van der Waals surface area contributed by atoms with Gasteiger partial charge in [0.05, 0.1) is 10.7 Å². The molecule has 82 valence electrons. The second kappa shape index (κ2) is 4.98. The van der Waals surface area contributed by atoms with Gasteiger partial charge in [0.1, 0.15) is 11.4 Å². The van der Waals surface area contributed by atoms with Gasteiger partial charge in [-0.2, -0.15) is 0 Å². The zero-order valence-electron chi connectivity index (χ0n) is 8.67. The lowest BCUT2D eigenvalue weighted by Gasteiger charge is -2.09. The first-order valence-electron chi connectivity index (χ1n) is 4.70. The average molecular weight is 229 g/mol. The summed E-state index contributed by atoms with van der Waals surface area (Å²) in [5.74, 6) is -0.644. The lowest BCUT2D eigenvalue weighted by atomic mass is 10.2. The van der Waals surface area contributed by atoms with Gasteiger partial charge in [0.2, 0.25) is 0 Å². The summed E-state index contributed by atoms with van der Waals surface area (Å²) in [4.78, 5) is 15.0. The molecule has 0 aliphatic carbocycles. The van der Waals surface area contributed by atoms with E-state index in [0.717, 1.165) is 6.42 Å². The number of anilines is 1. The Labute approximate surface area is 93.3 Å². The van der Waals surface area contributed by atoms with Crippen LogP contribution in [0.15, 0.2) is 6.07 Å². The minimum Gasteiger partial charge on any atom is -0.478 e. The van der Waals surface area contributed by atoms with E-state index in [1.54, 1.807) is 6.92 Å². The number of nitrogens with one attached hydrogen (secondary N) is 1. The van der Waals surface area contributed by atoms with Crippen molar-refractivity contribution in [3.8, 4) is 0 Å². The lowest BCUT2D eigenvalue weighted by Crippen LogP contribution is -2.10. The molecule has 1 aromatic heterocycles. The van der Waals surface area contributed by atoms with Crippen molar-refractivity contribution in [3.05, 3.63) is 22.3 Å². The molecule has 1 rings (SSSR count). The number of carbonyl (C=O) groups is 1. The Morgan fingerprint density at radius 3 is 2.87 bits per heavy atom. The number of carboxylic acids is 1. The van der Waals surface area contributed by atoms with E-state index >= 15 is 0 Å². The third kappa shape index (κ3) is 2.83. The maximum absolute atomic E-state index is 10.9. The van der Waals surface area contributed by atoms with Gasteiger partial charge in [0.15, 0.2) is 0 Å². The van der Waals surface area contributed by atoms with E-state index < -0.39 is 5.97 Å². The number of aromatic nitrogens is 1. The lowest BCUT2D eigenvalue weighted by molar-refractivity contribution is 0.0697. The Morgan fingerprint density at radius 2 is 2.33 bits per heavy atom. The Hall–Kier alpha value is -1.29. The highest BCUT2D eigenvalue weighted by molar-refractivity contribution is 6.31. The predicted octanol–water partition coefficient (Wildman–Crippen LogP) is 2.56. The molecule has 0 saturated carbocycles.